The highest BCUT2D eigenvalue weighted by atomic mass is 32.2. The predicted octanol–water partition coefficient (Wildman–Crippen LogP) is -1.97. The van der Waals surface area contributed by atoms with E-state index in [1.54, 1.807) is 4.72 Å². The zero-order chi connectivity index (χ0) is 28.5. The standard InChI is InChI=1S/C22H24N6O10S/c1-37-21(34)12-4-2-3-11(7-12)13(30)5-6-15(31)27-39(35,36)22(18(33)17(32)14(8-29)38-22)28-10-26-16-19(23)24-9-25-20(16)28/h2-4,7,9-10,14,17-18,29,32-33H,5-6,8H2,1H3,(H,27,31)(H2,23,24,25)/t14-,17-,18-,22+/m1/s1. The number of benzene rings is 1. The number of hydrogen-bond donors (Lipinski definition) is 5. The first-order valence-electron chi connectivity index (χ1n) is 11.3. The Balaban J connectivity index is 1.61. The van der Waals surface area contributed by atoms with Gasteiger partial charge in [-0.2, -0.15) is 0 Å². The number of aliphatic hydroxyl groups excluding tert-OH is 3. The molecule has 0 radical (unpaired) electrons. The highest BCUT2D eigenvalue weighted by molar-refractivity contribution is 7.90. The molecule has 0 aliphatic carbocycles. The molecular formula is C22H24N6O10S. The smallest absolute Gasteiger partial charge is 0.337 e. The number of ketones is 1. The molecule has 208 valence electrons. The van der Waals surface area contributed by atoms with Crippen LogP contribution in [0.15, 0.2) is 36.9 Å². The summed E-state index contributed by atoms with van der Waals surface area (Å²) in [6, 6.07) is 5.56. The number of imidazole rings is 1. The number of nitrogens with one attached hydrogen (secondary N) is 1. The normalized spacial score (nSPS) is 23.0. The third-order valence-corrected chi connectivity index (χ3v) is 7.89. The Labute approximate surface area is 220 Å². The summed E-state index contributed by atoms with van der Waals surface area (Å²) in [6.45, 7) is -0.883. The molecule has 1 fully saturated rings. The Morgan fingerprint density at radius 3 is 2.56 bits per heavy atom. The van der Waals surface area contributed by atoms with Crippen LogP contribution in [0.1, 0.15) is 33.6 Å². The van der Waals surface area contributed by atoms with Crippen LogP contribution in [0.2, 0.25) is 0 Å². The van der Waals surface area contributed by atoms with Gasteiger partial charge in [0, 0.05) is 18.4 Å². The molecule has 1 amide bonds. The monoisotopic (exact) mass is 564 g/mol. The topological polar surface area (TPSA) is 246 Å². The van der Waals surface area contributed by atoms with Gasteiger partial charge < -0.3 is 30.5 Å². The van der Waals surface area contributed by atoms with Crippen LogP contribution in [0.5, 0.6) is 0 Å². The van der Waals surface area contributed by atoms with Crippen molar-refractivity contribution in [2.75, 3.05) is 19.5 Å². The summed E-state index contributed by atoms with van der Waals surface area (Å²) in [5, 5.41) is 28.0. The van der Waals surface area contributed by atoms with Crippen molar-refractivity contribution >= 4 is 44.7 Å². The summed E-state index contributed by atoms with van der Waals surface area (Å²) < 4.78 is 39.8. The zero-order valence-corrected chi connectivity index (χ0v) is 21.1. The van der Waals surface area contributed by atoms with E-state index in [0.29, 0.717) is 0 Å². The van der Waals surface area contributed by atoms with Crippen LogP contribution < -0.4 is 10.5 Å². The van der Waals surface area contributed by atoms with Crippen molar-refractivity contribution in [3.05, 3.63) is 48.0 Å². The van der Waals surface area contributed by atoms with E-state index in [0.717, 1.165) is 17.2 Å². The molecule has 0 saturated carbocycles. The van der Waals surface area contributed by atoms with Gasteiger partial charge in [-0.25, -0.2) is 32.9 Å². The molecule has 3 aromatic rings. The molecule has 1 aliphatic rings. The number of nitrogens with two attached hydrogens (primary N) is 1. The molecule has 1 saturated heterocycles. The summed E-state index contributed by atoms with van der Waals surface area (Å²) in [5.74, 6) is -2.51. The van der Waals surface area contributed by atoms with E-state index in [1.165, 1.54) is 31.4 Å². The lowest BCUT2D eigenvalue weighted by molar-refractivity contribution is -0.120. The number of amides is 1. The fraction of sp³-hybridized carbons (Fsp3) is 0.364. The Bertz CT molecular complexity index is 1540. The average Bonchev–Trinajstić information content (AvgIpc) is 3.47. The van der Waals surface area contributed by atoms with Crippen LogP contribution >= 0.6 is 0 Å². The number of carbonyl (C=O) groups is 3. The summed E-state index contributed by atoms with van der Waals surface area (Å²) in [4.78, 5) is 48.6. The number of Topliss-reactive ketones (excluding diaryl/α,β-unsaturated/α-hetero) is 1. The van der Waals surface area contributed by atoms with Gasteiger partial charge in [-0.3, -0.25) is 14.2 Å². The Morgan fingerprint density at radius 1 is 1.18 bits per heavy atom. The largest absolute Gasteiger partial charge is 0.465 e. The van der Waals surface area contributed by atoms with Gasteiger partial charge in [0.1, 0.15) is 36.5 Å². The second-order valence-electron chi connectivity index (χ2n) is 8.47. The fourth-order valence-electron chi connectivity index (χ4n) is 4.14. The van der Waals surface area contributed by atoms with Crippen molar-refractivity contribution in [3.8, 4) is 0 Å². The number of carbonyl (C=O) groups excluding carboxylic acids is 3. The van der Waals surface area contributed by atoms with Crippen LogP contribution in [-0.2, 0) is 29.3 Å². The minimum atomic E-state index is -5.10. The Morgan fingerprint density at radius 2 is 1.90 bits per heavy atom. The number of nitrogen functional groups attached to an aromatic ring is 1. The van der Waals surface area contributed by atoms with Crippen LogP contribution in [0.25, 0.3) is 11.2 Å². The third kappa shape index (κ3) is 4.81. The minimum Gasteiger partial charge on any atom is -0.465 e. The van der Waals surface area contributed by atoms with Gasteiger partial charge in [-0.15, -0.1) is 0 Å². The number of esters is 1. The maximum Gasteiger partial charge on any atom is 0.337 e. The van der Waals surface area contributed by atoms with Crippen molar-refractivity contribution in [3.63, 3.8) is 0 Å². The molecular weight excluding hydrogens is 540 g/mol. The molecule has 16 nitrogen and oxygen atoms in total. The maximum absolute atomic E-state index is 13.6. The van der Waals surface area contributed by atoms with Crippen molar-refractivity contribution in [2.45, 2.75) is 36.2 Å². The van der Waals surface area contributed by atoms with Crippen molar-refractivity contribution in [1.82, 2.24) is 24.2 Å². The van der Waals surface area contributed by atoms with E-state index in [4.69, 9.17) is 10.5 Å². The molecule has 1 aromatic carbocycles. The number of aromatic nitrogens is 4. The highest BCUT2D eigenvalue weighted by Crippen LogP contribution is 2.41. The number of ether oxygens (including phenoxy) is 2. The van der Waals surface area contributed by atoms with E-state index >= 15 is 0 Å². The summed E-state index contributed by atoms with van der Waals surface area (Å²) >= 11 is 0. The molecule has 0 bridgehead atoms. The van der Waals surface area contributed by atoms with Crippen LogP contribution in [-0.4, -0.2) is 92.9 Å². The summed E-state index contributed by atoms with van der Waals surface area (Å²) in [6.07, 6.45) is -4.87. The lowest BCUT2D eigenvalue weighted by Crippen LogP contribution is -2.56. The third-order valence-electron chi connectivity index (χ3n) is 6.09. The second kappa shape index (κ2) is 10.6. The molecule has 1 aliphatic heterocycles. The van der Waals surface area contributed by atoms with E-state index in [-0.39, 0.29) is 28.1 Å². The fourth-order valence-corrected chi connectivity index (χ4v) is 5.78. The summed E-state index contributed by atoms with van der Waals surface area (Å²) in [7, 11) is -3.92. The van der Waals surface area contributed by atoms with E-state index < -0.39 is 70.5 Å². The van der Waals surface area contributed by atoms with Crippen molar-refractivity contribution < 1.29 is 47.6 Å². The molecule has 0 unspecified atom stereocenters. The van der Waals surface area contributed by atoms with E-state index in [9.17, 15) is 38.1 Å². The minimum absolute atomic E-state index is 0.0593. The Kier molecular flexibility index (Phi) is 7.62. The number of anilines is 1. The number of sulfonamides is 1. The molecule has 3 heterocycles. The van der Waals surface area contributed by atoms with Crippen molar-refractivity contribution in [2.24, 2.45) is 0 Å². The second-order valence-corrected chi connectivity index (χ2v) is 10.3. The molecule has 4 rings (SSSR count). The van der Waals surface area contributed by atoms with Gasteiger partial charge in [-0.1, -0.05) is 12.1 Å². The van der Waals surface area contributed by atoms with Gasteiger partial charge in [0.2, 0.25) is 5.91 Å². The molecule has 2 aromatic heterocycles. The average molecular weight is 565 g/mol. The number of methoxy groups -OCH3 is 1. The first kappa shape index (κ1) is 28.0. The summed E-state index contributed by atoms with van der Waals surface area (Å²) in [5.41, 5.74) is 5.70. The maximum atomic E-state index is 13.6. The van der Waals surface area contributed by atoms with Gasteiger partial charge in [0.25, 0.3) is 10.0 Å². The first-order chi connectivity index (χ1) is 18.5. The number of fused-ring (bicyclic) bond motifs is 1. The number of nitrogens with zero attached hydrogens (tertiary/aromatic N) is 4. The highest BCUT2D eigenvalue weighted by Gasteiger charge is 2.65. The molecule has 4 atom stereocenters. The van der Waals surface area contributed by atoms with Gasteiger partial charge in [0.15, 0.2) is 17.2 Å². The molecule has 39 heavy (non-hydrogen) atoms. The zero-order valence-electron chi connectivity index (χ0n) is 20.3. The Hall–Kier alpha value is -4.03. The first-order valence-corrected chi connectivity index (χ1v) is 12.8. The van der Waals surface area contributed by atoms with Gasteiger partial charge >= 0.3 is 11.0 Å². The SMILES string of the molecule is COC(=O)c1cccc(C(=O)CCC(=O)NS(=O)(=O)[C@@]2(n3cnc4c(N)ncnc43)O[C@H](CO)[C@@H](O)[C@H]2O)c1. The molecule has 0 spiro atoms. The predicted molar refractivity (Wildman–Crippen MR) is 130 cm³/mol. The number of hydrogen-bond acceptors (Lipinski definition) is 14. The lowest BCUT2D eigenvalue weighted by atomic mass is 10.0. The van der Waals surface area contributed by atoms with Gasteiger partial charge in [0.05, 0.1) is 19.3 Å². The van der Waals surface area contributed by atoms with Crippen LogP contribution in [0.3, 0.4) is 0 Å². The molecule has 17 heteroatoms. The quantitative estimate of drug-likeness (QED) is 0.140. The van der Waals surface area contributed by atoms with Crippen molar-refractivity contribution in [1.29, 1.82) is 0 Å². The van der Waals surface area contributed by atoms with Gasteiger partial charge in [-0.05, 0) is 12.1 Å². The van der Waals surface area contributed by atoms with E-state index in [1.807, 2.05) is 0 Å². The number of rotatable bonds is 9. The molecule has 6 N–H and O–H groups in total. The number of aliphatic hydroxyl groups is 3. The lowest BCUT2D eigenvalue weighted by Gasteiger charge is -2.32. The van der Waals surface area contributed by atoms with E-state index in [2.05, 4.69) is 19.7 Å². The van der Waals surface area contributed by atoms with Crippen LogP contribution in [0, 0.1) is 0 Å². The van der Waals surface area contributed by atoms with Crippen LogP contribution in [0.4, 0.5) is 5.82 Å².